The molecule has 4 nitrogen and oxygen atoms in total. The van der Waals surface area contributed by atoms with Gasteiger partial charge in [-0.3, -0.25) is 0 Å². The van der Waals surface area contributed by atoms with Crippen LogP contribution in [-0.4, -0.2) is 27.3 Å². The topological polar surface area (TPSA) is 72.2 Å². The molecule has 0 heterocycles. The van der Waals surface area contributed by atoms with Crippen LogP contribution in [0.2, 0.25) is 0 Å². The van der Waals surface area contributed by atoms with Gasteiger partial charge in [0, 0.05) is 6.54 Å². The van der Waals surface area contributed by atoms with Crippen LogP contribution < -0.4 is 10.5 Å². The van der Waals surface area contributed by atoms with E-state index in [0.717, 1.165) is 12.8 Å². The monoisotopic (exact) mass is 262 g/mol. The molecule has 1 aliphatic carbocycles. The van der Waals surface area contributed by atoms with Gasteiger partial charge in [0.2, 0.25) is 10.0 Å². The predicted molar refractivity (Wildman–Crippen MR) is 71.2 cm³/mol. The zero-order valence-corrected chi connectivity index (χ0v) is 11.9. The summed E-state index contributed by atoms with van der Waals surface area (Å²) in [6.07, 6.45) is 5.16. The summed E-state index contributed by atoms with van der Waals surface area (Å²) in [4.78, 5) is 0. The highest BCUT2D eigenvalue weighted by molar-refractivity contribution is 7.89. The molecule has 0 radical (unpaired) electrons. The molecule has 0 saturated heterocycles. The summed E-state index contributed by atoms with van der Waals surface area (Å²) in [6, 6.07) is 0. The molecule has 102 valence electrons. The zero-order chi connectivity index (χ0) is 12.9. The number of nitrogens with two attached hydrogens (primary N) is 1. The van der Waals surface area contributed by atoms with Crippen molar-refractivity contribution in [1.82, 2.24) is 4.72 Å². The van der Waals surface area contributed by atoms with E-state index in [4.69, 9.17) is 5.73 Å². The van der Waals surface area contributed by atoms with Gasteiger partial charge >= 0.3 is 0 Å². The van der Waals surface area contributed by atoms with Gasteiger partial charge in [-0.2, -0.15) is 0 Å². The predicted octanol–water partition coefficient (Wildman–Crippen LogP) is 1.47. The maximum atomic E-state index is 11.8. The lowest BCUT2D eigenvalue weighted by Gasteiger charge is -2.27. The Balaban J connectivity index is 2.43. The van der Waals surface area contributed by atoms with Crippen molar-refractivity contribution in [3.8, 4) is 0 Å². The first-order valence-corrected chi connectivity index (χ1v) is 8.22. The van der Waals surface area contributed by atoms with Gasteiger partial charge in [0.05, 0.1) is 5.75 Å². The minimum absolute atomic E-state index is 0.0188. The van der Waals surface area contributed by atoms with Gasteiger partial charge < -0.3 is 5.73 Å². The van der Waals surface area contributed by atoms with Crippen molar-refractivity contribution < 1.29 is 8.42 Å². The molecule has 0 aromatic carbocycles. The molecular weight excluding hydrogens is 236 g/mol. The van der Waals surface area contributed by atoms with E-state index in [0.29, 0.717) is 25.4 Å². The second-order valence-corrected chi connectivity index (χ2v) is 7.66. The van der Waals surface area contributed by atoms with Crippen LogP contribution in [0.4, 0.5) is 0 Å². The summed E-state index contributed by atoms with van der Waals surface area (Å²) in [7, 11) is -3.12. The Morgan fingerprint density at radius 2 is 1.88 bits per heavy atom. The van der Waals surface area contributed by atoms with Crippen LogP contribution in [0.1, 0.15) is 46.0 Å². The van der Waals surface area contributed by atoms with Gasteiger partial charge in [-0.25, -0.2) is 13.1 Å². The summed E-state index contributed by atoms with van der Waals surface area (Å²) in [6.45, 7) is 5.17. The normalized spacial score (nSPS) is 20.0. The van der Waals surface area contributed by atoms with Gasteiger partial charge in [0.25, 0.3) is 0 Å². The summed E-state index contributed by atoms with van der Waals surface area (Å²) < 4.78 is 26.3. The third-order valence-electron chi connectivity index (χ3n) is 3.73. The van der Waals surface area contributed by atoms with Crippen LogP contribution in [0.15, 0.2) is 0 Å². The average Bonchev–Trinajstić information content (AvgIpc) is 2.74. The molecule has 1 saturated carbocycles. The molecule has 3 N–H and O–H groups in total. The van der Waals surface area contributed by atoms with Gasteiger partial charge in [-0.05, 0) is 37.1 Å². The van der Waals surface area contributed by atoms with E-state index < -0.39 is 10.0 Å². The van der Waals surface area contributed by atoms with Crippen molar-refractivity contribution in [2.45, 2.75) is 46.0 Å². The maximum absolute atomic E-state index is 11.8. The zero-order valence-electron chi connectivity index (χ0n) is 11.0. The fourth-order valence-corrected chi connectivity index (χ4v) is 3.76. The number of sulfonamides is 1. The lowest BCUT2D eigenvalue weighted by molar-refractivity contribution is 0.309. The summed E-state index contributed by atoms with van der Waals surface area (Å²) >= 11 is 0. The highest BCUT2D eigenvalue weighted by Gasteiger charge is 2.33. The summed E-state index contributed by atoms with van der Waals surface area (Å²) in [5.41, 5.74) is 5.80. The summed E-state index contributed by atoms with van der Waals surface area (Å²) in [5, 5.41) is 0. The molecule has 0 aliphatic heterocycles. The Morgan fingerprint density at radius 1 is 1.29 bits per heavy atom. The first kappa shape index (κ1) is 14.9. The second kappa shape index (κ2) is 6.16. The van der Waals surface area contributed by atoms with E-state index in [1.54, 1.807) is 0 Å². The highest BCUT2D eigenvalue weighted by atomic mass is 32.2. The number of hydrogen-bond donors (Lipinski definition) is 2. The van der Waals surface area contributed by atoms with Crippen molar-refractivity contribution in [3.63, 3.8) is 0 Å². The van der Waals surface area contributed by atoms with E-state index in [1.807, 2.05) is 13.8 Å². The van der Waals surface area contributed by atoms with E-state index >= 15 is 0 Å². The molecule has 5 heteroatoms. The van der Waals surface area contributed by atoms with Crippen LogP contribution in [0.5, 0.6) is 0 Å². The van der Waals surface area contributed by atoms with E-state index in [9.17, 15) is 8.42 Å². The number of nitrogens with one attached hydrogen (secondary N) is 1. The highest BCUT2D eigenvalue weighted by Crippen LogP contribution is 2.36. The van der Waals surface area contributed by atoms with E-state index in [2.05, 4.69) is 4.72 Å². The quantitative estimate of drug-likeness (QED) is 0.730. The minimum atomic E-state index is -3.12. The molecule has 1 rings (SSSR count). The number of hydrogen-bond acceptors (Lipinski definition) is 3. The van der Waals surface area contributed by atoms with Gasteiger partial charge in [-0.1, -0.05) is 26.7 Å². The molecule has 0 aromatic heterocycles. The van der Waals surface area contributed by atoms with E-state index in [1.165, 1.54) is 12.8 Å². The summed E-state index contributed by atoms with van der Waals surface area (Å²) in [5.74, 6) is 0.646. The van der Waals surface area contributed by atoms with Crippen molar-refractivity contribution >= 4 is 10.0 Å². The molecule has 1 fully saturated rings. The largest absolute Gasteiger partial charge is 0.330 e. The van der Waals surface area contributed by atoms with Crippen molar-refractivity contribution in [1.29, 1.82) is 0 Å². The smallest absolute Gasteiger partial charge is 0.211 e. The molecule has 0 atom stereocenters. The average molecular weight is 262 g/mol. The van der Waals surface area contributed by atoms with Crippen LogP contribution in [0.25, 0.3) is 0 Å². The lowest BCUT2D eigenvalue weighted by Crippen LogP contribution is -2.41. The molecule has 0 amide bonds. The van der Waals surface area contributed by atoms with Crippen molar-refractivity contribution in [2.24, 2.45) is 17.1 Å². The SMILES string of the molecule is CC(C)CCS(=O)(=O)NCC1(CN)CCCC1. The Hall–Kier alpha value is -0.130. The third kappa shape index (κ3) is 4.94. The van der Waals surface area contributed by atoms with Crippen molar-refractivity contribution in [2.75, 3.05) is 18.8 Å². The Labute approximate surface area is 105 Å². The number of rotatable bonds is 7. The fourth-order valence-electron chi connectivity index (χ4n) is 2.30. The lowest BCUT2D eigenvalue weighted by atomic mass is 9.87. The molecule has 0 spiro atoms. The second-order valence-electron chi connectivity index (χ2n) is 5.73. The molecule has 0 unspecified atom stereocenters. The molecule has 0 aromatic rings. The Morgan fingerprint density at radius 3 is 2.35 bits per heavy atom. The van der Waals surface area contributed by atoms with Gasteiger partial charge in [0.1, 0.15) is 0 Å². The fraction of sp³-hybridized carbons (Fsp3) is 1.00. The third-order valence-corrected chi connectivity index (χ3v) is 5.09. The van der Waals surface area contributed by atoms with Crippen LogP contribution >= 0.6 is 0 Å². The van der Waals surface area contributed by atoms with Crippen LogP contribution in [-0.2, 0) is 10.0 Å². The molecule has 17 heavy (non-hydrogen) atoms. The minimum Gasteiger partial charge on any atom is -0.330 e. The molecule has 0 bridgehead atoms. The maximum Gasteiger partial charge on any atom is 0.211 e. The first-order valence-electron chi connectivity index (χ1n) is 6.57. The molecular formula is C12H26N2O2S. The molecule has 1 aliphatic rings. The van der Waals surface area contributed by atoms with E-state index in [-0.39, 0.29) is 11.2 Å². The Bertz CT molecular complexity index is 319. The van der Waals surface area contributed by atoms with Crippen molar-refractivity contribution in [3.05, 3.63) is 0 Å². The van der Waals surface area contributed by atoms with Crippen LogP contribution in [0.3, 0.4) is 0 Å². The van der Waals surface area contributed by atoms with Gasteiger partial charge in [0.15, 0.2) is 0 Å². The van der Waals surface area contributed by atoms with Crippen LogP contribution in [0, 0.1) is 11.3 Å². The Kier molecular flexibility index (Phi) is 5.41. The van der Waals surface area contributed by atoms with Gasteiger partial charge in [-0.15, -0.1) is 0 Å². The standard InChI is InChI=1S/C12H26N2O2S/c1-11(2)5-8-17(15,16)14-10-12(9-13)6-3-4-7-12/h11,14H,3-10,13H2,1-2H3. The first-order chi connectivity index (χ1) is 7.89.